The third-order valence-electron chi connectivity index (χ3n) is 4.17. The van der Waals surface area contributed by atoms with E-state index in [0.29, 0.717) is 17.1 Å². The molecule has 0 saturated carbocycles. The first-order chi connectivity index (χ1) is 13.2. The van der Waals surface area contributed by atoms with Gasteiger partial charge in [-0.15, -0.1) is 0 Å². The third kappa shape index (κ3) is 3.32. The molecule has 27 heavy (non-hydrogen) atoms. The number of aromatic amines is 1. The lowest BCUT2D eigenvalue weighted by atomic mass is 10.1. The van der Waals surface area contributed by atoms with Gasteiger partial charge in [-0.3, -0.25) is 9.89 Å². The number of benzene rings is 2. The molecule has 0 aliphatic rings. The maximum Gasteiger partial charge on any atom is 0.291 e. The van der Waals surface area contributed by atoms with Gasteiger partial charge in [-0.05, 0) is 25.1 Å². The highest BCUT2D eigenvalue weighted by atomic mass is 16.5. The van der Waals surface area contributed by atoms with Gasteiger partial charge in [0.1, 0.15) is 11.4 Å². The number of rotatable bonds is 5. The number of nitrogens with one attached hydrogen (secondary N) is 2. The van der Waals surface area contributed by atoms with Crippen LogP contribution in [0.1, 0.15) is 21.9 Å². The first-order valence-electron chi connectivity index (χ1n) is 8.46. The molecule has 0 radical (unpaired) electrons. The highest BCUT2D eigenvalue weighted by Gasteiger charge is 2.20. The summed E-state index contributed by atoms with van der Waals surface area (Å²) in [6.45, 7) is 2.12. The van der Waals surface area contributed by atoms with Gasteiger partial charge in [0.2, 0.25) is 0 Å². The van der Waals surface area contributed by atoms with Crippen molar-refractivity contribution in [2.24, 2.45) is 0 Å². The van der Waals surface area contributed by atoms with E-state index in [9.17, 15) is 4.79 Å². The molecule has 136 valence electrons. The topological polar surface area (TPSA) is 93.0 Å². The van der Waals surface area contributed by atoms with E-state index >= 15 is 0 Å². The molecule has 0 bridgehead atoms. The summed E-state index contributed by atoms with van der Waals surface area (Å²) in [5, 5.41) is 10.7. The molecule has 2 heterocycles. The second-order valence-electron chi connectivity index (χ2n) is 6.12. The van der Waals surface area contributed by atoms with Crippen molar-refractivity contribution in [1.82, 2.24) is 15.2 Å². The lowest BCUT2D eigenvalue weighted by Gasteiger charge is -2.06. The summed E-state index contributed by atoms with van der Waals surface area (Å²) in [6, 6.07) is 14.9. The van der Waals surface area contributed by atoms with Crippen LogP contribution in [0.15, 0.2) is 52.9 Å². The Bertz CT molecular complexity index is 1110. The lowest BCUT2D eigenvalue weighted by Crippen LogP contribution is -2.13. The number of ether oxygens (including phenoxy) is 1. The molecule has 4 rings (SSSR count). The number of fused-ring (bicyclic) bond motifs is 1. The summed E-state index contributed by atoms with van der Waals surface area (Å²) in [4.78, 5) is 17.1. The van der Waals surface area contributed by atoms with Crippen molar-refractivity contribution < 1.29 is 13.9 Å². The quantitative estimate of drug-likeness (QED) is 0.561. The van der Waals surface area contributed by atoms with Gasteiger partial charge in [-0.25, -0.2) is 4.98 Å². The van der Waals surface area contributed by atoms with Crippen LogP contribution in [0.3, 0.4) is 0 Å². The smallest absolute Gasteiger partial charge is 0.291 e. The van der Waals surface area contributed by atoms with Crippen LogP contribution in [0, 0.1) is 6.92 Å². The SMILES string of the molecule is COCc1c(C(=O)Nc2cccc(-c3n[nH]c(C)n3)c2)oc2ccccc12. The van der Waals surface area contributed by atoms with Gasteiger partial charge in [0, 0.05) is 29.3 Å². The van der Waals surface area contributed by atoms with Gasteiger partial charge in [0.25, 0.3) is 5.91 Å². The lowest BCUT2D eigenvalue weighted by molar-refractivity contribution is 0.0992. The molecular formula is C20H18N4O3. The maximum atomic E-state index is 12.8. The second-order valence-corrected chi connectivity index (χ2v) is 6.12. The van der Waals surface area contributed by atoms with Gasteiger partial charge in [0.05, 0.1) is 6.61 Å². The highest BCUT2D eigenvalue weighted by molar-refractivity contribution is 6.06. The molecule has 0 aliphatic carbocycles. The number of amides is 1. The van der Waals surface area contributed by atoms with E-state index in [4.69, 9.17) is 9.15 Å². The number of carbonyl (C=O) groups excluding carboxylic acids is 1. The minimum Gasteiger partial charge on any atom is -0.451 e. The predicted molar refractivity (Wildman–Crippen MR) is 101 cm³/mol. The van der Waals surface area contributed by atoms with E-state index in [2.05, 4.69) is 20.5 Å². The number of nitrogens with zero attached hydrogens (tertiary/aromatic N) is 2. The van der Waals surface area contributed by atoms with Crippen molar-refractivity contribution in [2.45, 2.75) is 13.5 Å². The first kappa shape index (κ1) is 17.0. The Hall–Kier alpha value is -3.45. The van der Waals surface area contributed by atoms with E-state index in [-0.39, 0.29) is 18.3 Å². The largest absolute Gasteiger partial charge is 0.451 e. The Kier molecular flexibility index (Phi) is 4.43. The Morgan fingerprint density at radius 2 is 2.07 bits per heavy atom. The Morgan fingerprint density at radius 3 is 2.85 bits per heavy atom. The Balaban J connectivity index is 1.65. The van der Waals surface area contributed by atoms with Crippen molar-refractivity contribution in [3.05, 3.63) is 65.7 Å². The fourth-order valence-corrected chi connectivity index (χ4v) is 2.97. The molecule has 0 unspecified atom stereocenters. The molecule has 7 heteroatoms. The molecule has 0 fully saturated rings. The maximum absolute atomic E-state index is 12.8. The third-order valence-corrected chi connectivity index (χ3v) is 4.17. The molecular weight excluding hydrogens is 344 g/mol. The number of methoxy groups -OCH3 is 1. The minimum absolute atomic E-state index is 0.247. The van der Waals surface area contributed by atoms with E-state index in [1.54, 1.807) is 13.2 Å². The van der Waals surface area contributed by atoms with Crippen LogP contribution in [-0.4, -0.2) is 28.2 Å². The number of H-pyrrole nitrogens is 1. The number of aromatic nitrogens is 3. The summed E-state index contributed by atoms with van der Waals surface area (Å²) in [5.41, 5.74) is 2.81. The molecule has 2 aromatic heterocycles. The number of anilines is 1. The Morgan fingerprint density at radius 1 is 1.22 bits per heavy atom. The molecule has 0 spiro atoms. The molecule has 2 aromatic carbocycles. The monoisotopic (exact) mass is 362 g/mol. The van der Waals surface area contributed by atoms with Gasteiger partial charge in [0.15, 0.2) is 11.6 Å². The molecule has 0 atom stereocenters. The first-order valence-corrected chi connectivity index (χ1v) is 8.46. The van der Waals surface area contributed by atoms with Crippen molar-refractivity contribution in [3.63, 3.8) is 0 Å². The van der Waals surface area contributed by atoms with E-state index < -0.39 is 0 Å². The summed E-state index contributed by atoms with van der Waals surface area (Å²) >= 11 is 0. The number of hydrogen-bond acceptors (Lipinski definition) is 5. The standard InChI is InChI=1S/C20H18N4O3/c1-12-21-19(24-23-12)13-6-5-7-14(10-13)22-20(25)18-16(11-26-2)15-8-3-4-9-17(15)27-18/h3-10H,11H2,1-2H3,(H,22,25)(H,21,23,24). The number of para-hydroxylation sites is 1. The Labute approximate surface area is 155 Å². The van der Waals surface area contributed by atoms with Crippen molar-refractivity contribution in [1.29, 1.82) is 0 Å². The van der Waals surface area contributed by atoms with E-state index in [0.717, 1.165) is 22.3 Å². The minimum atomic E-state index is -0.332. The highest BCUT2D eigenvalue weighted by Crippen LogP contribution is 2.28. The van der Waals surface area contributed by atoms with Crippen LogP contribution in [0.2, 0.25) is 0 Å². The van der Waals surface area contributed by atoms with Gasteiger partial charge in [-0.2, -0.15) is 5.10 Å². The zero-order chi connectivity index (χ0) is 18.8. The number of hydrogen-bond donors (Lipinski definition) is 2. The van der Waals surface area contributed by atoms with Crippen LogP contribution in [0.5, 0.6) is 0 Å². The average Bonchev–Trinajstić information content (AvgIpc) is 3.27. The number of aryl methyl sites for hydroxylation is 1. The fourth-order valence-electron chi connectivity index (χ4n) is 2.97. The summed E-state index contributed by atoms with van der Waals surface area (Å²) < 4.78 is 11.0. The van der Waals surface area contributed by atoms with Crippen LogP contribution < -0.4 is 5.32 Å². The van der Waals surface area contributed by atoms with Crippen LogP contribution in [0.25, 0.3) is 22.4 Å². The number of furan rings is 1. The normalized spacial score (nSPS) is 11.0. The van der Waals surface area contributed by atoms with E-state index in [1.807, 2.05) is 49.4 Å². The van der Waals surface area contributed by atoms with Crippen LogP contribution in [-0.2, 0) is 11.3 Å². The van der Waals surface area contributed by atoms with Gasteiger partial charge >= 0.3 is 0 Å². The van der Waals surface area contributed by atoms with Crippen molar-refractivity contribution in [3.8, 4) is 11.4 Å². The summed E-state index contributed by atoms with van der Waals surface area (Å²) in [5.74, 6) is 1.22. The average molecular weight is 362 g/mol. The summed E-state index contributed by atoms with van der Waals surface area (Å²) in [7, 11) is 1.59. The fraction of sp³-hybridized carbons (Fsp3) is 0.150. The van der Waals surface area contributed by atoms with Gasteiger partial charge < -0.3 is 14.5 Å². The van der Waals surface area contributed by atoms with Gasteiger partial charge in [-0.1, -0.05) is 30.3 Å². The molecule has 1 amide bonds. The van der Waals surface area contributed by atoms with E-state index in [1.165, 1.54) is 0 Å². The zero-order valence-electron chi connectivity index (χ0n) is 14.9. The summed E-state index contributed by atoms with van der Waals surface area (Å²) in [6.07, 6.45) is 0. The molecule has 0 saturated heterocycles. The van der Waals surface area contributed by atoms with Crippen LogP contribution >= 0.6 is 0 Å². The van der Waals surface area contributed by atoms with Crippen LogP contribution in [0.4, 0.5) is 5.69 Å². The van der Waals surface area contributed by atoms with Crippen molar-refractivity contribution in [2.75, 3.05) is 12.4 Å². The molecule has 2 N–H and O–H groups in total. The van der Waals surface area contributed by atoms with Crippen molar-refractivity contribution >= 4 is 22.6 Å². The zero-order valence-corrected chi connectivity index (χ0v) is 14.9. The molecule has 7 nitrogen and oxygen atoms in total. The molecule has 0 aliphatic heterocycles. The number of carbonyl (C=O) groups is 1. The molecule has 4 aromatic rings. The second kappa shape index (κ2) is 7.05. The predicted octanol–water partition coefficient (Wildman–Crippen LogP) is 3.93.